The van der Waals surface area contributed by atoms with Crippen molar-refractivity contribution >= 4 is 15.5 Å². The molecule has 0 saturated heterocycles. The van der Waals surface area contributed by atoms with Crippen molar-refractivity contribution in [2.24, 2.45) is 5.92 Å². The maximum absolute atomic E-state index is 12.5. The normalized spacial score (nSPS) is 22.7. The van der Waals surface area contributed by atoms with Gasteiger partial charge in [-0.15, -0.1) is 0 Å². The lowest BCUT2D eigenvalue weighted by Gasteiger charge is -2.21. The molecule has 0 radical (unpaired) electrons. The van der Waals surface area contributed by atoms with Crippen LogP contribution in [0.3, 0.4) is 0 Å². The molecule has 1 aromatic carbocycles. The van der Waals surface area contributed by atoms with Crippen LogP contribution in [0.2, 0.25) is 0 Å². The zero-order valence-corrected chi connectivity index (χ0v) is 12.6. The molecule has 2 atom stereocenters. The number of hydrogen-bond acceptors (Lipinski definition) is 4. The van der Waals surface area contributed by atoms with E-state index in [1.54, 1.807) is 0 Å². The molecule has 1 saturated carbocycles. The van der Waals surface area contributed by atoms with Crippen LogP contribution in [0.4, 0.5) is 18.9 Å². The van der Waals surface area contributed by atoms with Crippen molar-refractivity contribution in [2.45, 2.75) is 42.1 Å². The lowest BCUT2D eigenvalue weighted by molar-refractivity contribution is -0.0436. The van der Waals surface area contributed by atoms with E-state index in [-0.39, 0.29) is 12.6 Å². The SMILES string of the molecule is O=S(=O)(c1ccc(NC2CCCC2CCO)cc1)C(F)(F)F. The number of aliphatic hydroxyl groups excluding tert-OH is 1. The Bertz CT molecular complexity index is 599. The summed E-state index contributed by atoms with van der Waals surface area (Å²) in [7, 11) is -5.30. The molecule has 124 valence electrons. The molecule has 2 rings (SSSR count). The minimum Gasteiger partial charge on any atom is -0.396 e. The van der Waals surface area contributed by atoms with Gasteiger partial charge in [0.1, 0.15) is 0 Å². The summed E-state index contributed by atoms with van der Waals surface area (Å²) in [5, 5.41) is 12.2. The Morgan fingerprint density at radius 2 is 1.82 bits per heavy atom. The van der Waals surface area contributed by atoms with Gasteiger partial charge in [0.05, 0.1) is 4.90 Å². The average Bonchev–Trinajstić information content (AvgIpc) is 2.86. The molecule has 22 heavy (non-hydrogen) atoms. The van der Waals surface area contributed by atoms with E-state index in [0.29, 0.717) is 18.0 Å². The first kappa shape index (κ1) is 17.1. The molecule has 0 spiro atoms. The molecule has 0 amide bonds. The summed E-state index contributed by atoms with van der Waals surface area (Å²) in [5.74, 6) is 0.323. The first-order valence-corrected chi connectivity index (χ1v) is 8.53. The summed E-state index contributed by atoms with van der Waals surface area (Å²) >= 11 is 0. The first-order valence-electron chi connectivity index (χ1n) is 7.04. The molecule has 0 heterocycles. The molecule has 1 aromatic rings. The number of rotatable bonds is 5. The Balaban J connectivity index is 2.10. The van der Waals surface area contributed by atoms with Gasteiger partial charge in [-0.1, -0.05) is 6.42 Å². The summed E-state index contributed by atoms with van der Waals surface area (Å²) in [5.41, 5.74) is -4.71. The van der Waals surface area contributed by atoms with E-state index in [0.717, 1.165) is 31.4 Å². The molecule has 4 nitrogen and oxygen atoms in total. The highest BCUT2D eigenvalue weighted by molar-refractivity contribution is 7.92. The van der Waals surface area contributed by atoms with Gasteiger partial charge in [0, 0.05) is 18.3 Å². The zero-order valence-electron chi connectivity index (χ0n) is 11.8. The number of aliphatic hydroxyl groups is 1. The zero-order chi connectivity index (χ0) is 16.4. The largest absolute Gasteiger partial charge is 0.501 e. The Labute approximate surface area is 127 Å². The van der Waals surface area contributed by atoms with E-state index < -0.39 is 20.2 Å². The summed E-state index contributed by atoms with van der Waals surface area (Å²) < 4.78 is 59.9. The van der Waals surface area contributed by atoms with Gasteiger partial charge in [0.25, 0.3) is 9.84 Å². The molecule has 0 aliphatic heterocycles. The quantitative estimate of drug-likeness (QED) is 0.867. The van der Waals surface area contributed by atoms with Crippen molar-refractivity contribution in [1.29, 1.82) is 0 Å². The fourth-order valence-electron chi connectivity index (χ4n) is 2.82. The van der Waals surface area contributed by atoms with Gasteiger partial charge in [-0.2, -0.15) is 13.2 Å². The average molecular weight is 337 g/mol. The summed E-state index contributed by atoms with van der Waals surface area (Å²) in [6.07, 6.45) is 3.63. The van der Waals surface area contributed by atoms with E-state index in [9.17, 15) is 21.6 Å². The lowest BCUT2D eigenvalue weighted by atomic mass is 10.00. The fourth-order valence-corrected chi connectivity index (χ4v) is 3.58. The van der Waals surface area contributed by atoms with E-state index in [1.807, 2.05) is 0 Å². The maximum Gasteiger partial charge on any atom is 0.501 e. The van der Waals surface area contributed by atoms with Crippen LogP contribution in [0.1, 0.15) is 25.7 Å². The Morgan fingerprint density at radius 1 is 1.18 bits per heavy atom. The molecule has 0 bridgehead atoms. The van der Waals surface area contributed by atoms with Crippen LogP contribution in [0.25, 0.3) is 0 Å². The molecule has 1 fully saturated rings. The van der Waals surface area contributed by atoms with Crippen molar-refractivity contribution in [3.05, 3.63) is 24.3 Å². The third-order valence-corrected chi connectivity index (χ3v) is 5.48. The van der Waals surface area contributed by atoms with Gasteiger partial charge in [0.2, 0.25) is 0 Å². The second kappa shape index (κ2) is 6.45. The van der Waals surface area contributed by atoms with Gasteiger partial charge < -0.3 is 10.4 Å². The Kier molecular flexibility index (Phi) is 5.01. The molecule has 1 aliphatic rings. The first-order chi connectivity index (χ1) is 10.3. The van der Waals surface area contributed by atoms with Crippen LogP contribution in [0.15, 0.2) is 29.2 Å². The standard InChI is InChI=1S/C14H18F3NO3S/c15-14(16,17)22(20,21)12-6-4-11(5-7-12)18-13-3-1-2-10(13)8-9-19/h4-7,10,13,18-19H,1-3,8-9H2. The third-order valence-electron chi connectivity index (χ3n) is 3.98. The second-order valence-corrected chi connectivity index (χ2v) is 7.37. The van der Waals surface area contributed by atoms with Gasteiger partial charge in [-0.25, -0.2) is 8.42 Å². The molecule has 8 heteroatoms. The van der Waals surface area contributed by atoms with E-state index in [4.69, 9.17) is 5.11 Å². The van der Waals surface area contributed by atoms with Crippen LogP contribution >= 0.6 is 0 Å². The van der Waals surface area contributed by atoms with Gasteiger partial charge in [-0.3, -0.25) is 0 Å². The predicted octanol–water partition coefficient (Wildman–Crippen LogP) is 2.94. The molecule has 2 unspecified atom stereocenters. The molecular weight excluding hydrogens is 319 g/mol. The van der Waals surface area contributed by atoms with Crippen molar-refractivity contribution in [1.82, 2.24) is 0 Å². The topological polar surface area (TPSA) is 66.4 Å². The van der Waals surface area contributed by atoms with Gasteiger partial charge in [-0.05, 0) is 49.4 Å². The predicted molar refractivity (Wildman–Crippen MR) is 76.1 cm³/mol. The van der Waals surface area contributed by atoms with E-state index in [1.165, 1.54) is 12.1 Å². The lowest BCUT2D eigenvalue weighted by Crippen LogP contribution is -2.25. The van der Waals surface area contributed by atoms with Crippen molar-refractivity contribution < 1.29 is 26.7 Å². The number of alkyl halides is 3. The smallest absolute Gasteiger partial charge is 0.396 e. The van der Waals surface area contributed by atoms with Crippen LogP contribution in [0.5, 0.6) is 0 Å². The molecule has 0 aromatic heterocycles. The van der Waals surface area contributed by atoms with E-state index >= 15 is 0 Å². The second-order valence-electron chi connectivity index (χ2n) is 5.43. The number of hydrogen-bond donors (Lipinski definition) is 2. The third kappa shape index (κ3) is 3.55. The number of sulfone groups is 1. The van der Waals surface area contributed by atoms with Crippen LogP contribution in [-0.4, -0.2) is 31.7 Å². The van der Waals surface area contributed by atoms with Crippen molar-refractivity contribution in [3.63, 3.8) is 0 Å². The summed E-state index contributed by atoms with van der Waals surface area (Å²) in [4.78, 5) is -0.760. The number of halogens is 3. The van der Waals surface area contributed by atoms with Gasteiger partial charge >= 0.3 is 5.51 Å². The maximum atomic E-state index is 12.5. The van der Waals surface area contributed by atoms with Crippen LogP contribution in [0, 0.1) is 5.92 Å². The van der Waals surface area contributed by atoms with Gasteiger partial charge in [0.15, 0.2) is 0 Å². The monoisotopic (exact) mass is 337 g/mol. The van der Waals surface area contributed by atoms with Crippen LogP contribution < -0.4 is 5.32 Å². The Morgan fingerprint density at radius 3 is 2.36 bits per heavy atom. The Hall–Kier alpha value is -1.28. The van der Waals surface area contributed by atoms with Crippen LogP contribution in [-0.2, 0) is 9.84 Å². The highest BCUT2D eigenvalue weighted by Crippen LogP contribution is 2.33. The highest BCUT2D eigenvalue weighted by atomic mass is 32.2. The number of nitrogens with one attached hydrogen (secondary N) is 1. The molecular formula is C14H18F3NO3S. The summed E-state index contributed by atoms with van der Waals surface area (Å²) in [6, 6.07) is 4.75. The number of benzene rings is 1. The highest BCUT2D eigenvalue weighted by Gasteiger charge is 2.46. The molecule has 1 aliphatic carbocycles. The minimum absolute atomic E-state index is 0.103. The van der Waals surface area contributed by atoms with Crippen molar-refractivity contribution in [3.8, 4) is 0 Å². The fraction of sp³-hybridized carbons (Fsp3) is 0.571. The van der Waals surface area contributed by atoms with Crippen molar-refractivity contribution in [2.75, 3.05) is 11.9 Å². The summed E-state index contributed by atoms with van der Waals surface area (Å²) in [6.45, 7) is 0.103. The number of anilines is 1. The minimum atomic E-state index is -5.30. The van der Waals surface area contributed by atoms with E-state index in [2.05, 4.69) is 5.32 Å². The molecule has 2 N–H and O–H groups in total.